The van der Waals surface area contributed by atoms with Gasteiger partial charge in [0.25, 0.3) is 0 Å². The van der Waals surface area contributed by atoms with Crippen LogP contribution in [0.5, 0.6) is 0 Å². The molecule has 0 aliphatic carbocycles. The Balaban J connectivity index is 3.03. The van der Waals surface area contributed by atoms with Crippen LogP contribution in [0, 0.1) is 0 Å². The van der Waals surface area contributed by atoms with Gasteiger partial charge in [0.05, 0.1) is 6.04 Å². The highest BCUT2D eigenvalue weighted by Gasteiger charge is 2.32. The van der Waals surface area contributed by atoms with E-state index in [1.54, 1.807) is 0 Å². The van der Waals surface area contributed by atoms with Crippen molar-refractivity contribution in [2.45, 2.75) is 45.7 Å². The van der Waals surface area contributed by atoms with Crippen LogP contribution >= 0.6 is 0 Å². The lowest BCUT2D eigenvalue weighted by Crippen LogP contribution is -2.49. The number of nitrogens with one attached hydrogen (secondary N) is 1. The first-order valence-corrected chi connectivity index (χ1v) is 6.93. The Bertz CT molecular complexity index is 352. The van der Waals surface area contributed by atoms with Crippen molar-refractivity contribution < 1.29 is 0 Å². The molecule has 1 N–H and O–H groups in total. The highest BCUT2D eigenvalue weighted by Crippen LogP contribution is 2.29. The number of benzene rings is 1. The summed E-state index contributed by atoms with van der Waals surface area (Å²) >= 11 is 0. The zero-order valence-corrected chi connectivity index (χ0v) is 12.7. The number of rotatable bonds is 6. The minimum Gasteiger partial charge on any atom is -0.309 e. The molecule has 2 heteroatoms. The van der Waals surface area contributed by atoms with Crippen LogP contribution in [-0.4, -0.2) is 31.1 Å². The Labute approximate surface area is 112 Å². The maximum absolute atomic E-state index is 3.62. The lowest BCUT2D eigenvalue weighted by molar-refractivity contribution is 0.139. The molecule has 0 bridgehead atoms. The third-order valence-corrected chi connectivity index (χ3v) is 3.99. The molecule has 2 nitrogen and oxygen atoms in total. The van der Waals surface area contributed by atoms with Gasteiger partial charge < -0.3 is 10.2 Å². The SMILES string of the molecule is CCNC(c1ccc(CC)cc1)C(C)(C)N(C)C. The molecule has 102 valence electrons. The third kappa shape index (κ3) is 3.33. The first kappa shape index (κ1) is 15.2. The quantitative estimate of drug-likeness (QED) is 0.831. The van der Waals surface area contributed by atoms with Crippen LogP contribution in [0.15, 0.2) is 24.3 Å². The van der Waals surface area contributed by atoms with Crippen LogP contribution in [0.4, 0.5) is 0 Å². The molecule has 0 saturated heterocycles. The summed E-state index contributed by atoms with van der Waals surface area (Å²) in [7, 11) is 4.29. The van der Waals surface area contributed by atoms with Crippen molar-refractivity contribution in [1.82, 2.24) is 10.2 Å². The van der Waals surface area contributed by atoms with Crippen molar-refractivity contribution >= 4 is 0 Å². The van der Waals surface area contributed by atoms with Crippen molar-refractivity contribution in [3.05, 3.63) is 35.4 Å². The van der Waals surface area contributed by atoms with Crippen LogP contribution in [0.1, 0.15) is 44.9 Å². The fourth-order valence-corrected chi connectivity index (χ4v) is 2.18. The molecule has 0 radical (unpaired) electrons. The molecule has 0 aliphatic rings. The molecule has 0 heterocycles. The zero-order valence-electron chi connectivity index (χ0n) is 12.7. The van der Waals surface area contributed by atoms with Gasteiger partial charge in [-0.15, -0.1) is 0 Å². The fourth-order valence-electron chi connectivity index (χ4n) is 2.18. The van der Waals surface area contributed by atoms with E-state index in [-0.39, 0.29) is 5.54 Å². The zero-order chi connectivity index (χ0) is 13.8. The van der Waals surface area contributed by atoms with Gasteiger partial charge in [-0.05, 0) is 52.0 Å². The topological polar surface area (TPSA) is 15.3 Å². The fraction of sp³-hybridized carbons (Fsp3) is 0.625. The second kappa shape index (κ2) is 6.35. The summed E-state index contributed by atoms with van der Waals surface area (Å²) in [6, 6.07) is 9.36. The largest absolute Gasteiger partial charge is 0.309 e. The lowest BCUT2D eigenvalue weighted by atomic mass is 9.87. The number of hydrogen-bond acceptors (Lipinski definition) is 2. The van der Waals surface area contributed by atoms with Crippen LogP contribution in [-0.2, 0) is 6.42 Å². The van der Waals surface area contributed by atoms with Crippen LogP contribution in [0.2, 0.25) is 0 Å². The van der Waals surface area contributed by atoms with E-state index in [0.29, 0.717) is 6.04 Å². The maximum Gasteiger partial charge on any atom is 0.0501 e. The monoisotopic (exact) mass is 248 g/mol. The molecule has 0 aromatic heterocycles. The molecule has 1 rings (SSSR count). The molecular formula is C16H28N2. The predicted octanol–water partition coefficient (Wildman–Crippen LogP) is 3.24. The summed E-state index contributed by atoms with van der Waals surface area (Å²) < 4.78 is 0. The summed E-state index contributed by atoms with van der Waals surface area (Å²) in [6.45, 7) is 9.92. The Hall–Kier alpha value is -0.860. The average Bonchev–Trinajstić information content (AvgIpc) is 2.35. The molecular weight excluding hydrogens is 220 g/mol. The van der Waals surface area contributed by atoms with Gasteiger partial charge in [0.15, 0.2) is 0 Å². The van der Waals surface area contributed by atoms with Gasteiger partial charge in [0.1, 0.15) is 0 Å². The molecule has 0 amide bonds. The van der Waals surface area contributed by atoms with Crippen molar-refractivity contribution in [1.29, 1.82) is 0 Å². The molecule has 18 heavy (non-hydrogen) atoms. The predicted molar refractivity (Wildman–Crippen MR) is 80.0 cm³/mol. The van der Waals surface area contributed by atoms with E-state index < -0.39 is 0 Å². The van der Waals surface area contributed by atoms with Gasteiger partial charge in [0.2, 0.25) is 0 Å². The summed E-state index contributed by atoms with van der Waals surface area (Å²) in [5.74, 6) is 0. The summed E-state index contributed by atoms with van der Waals surface area (Å²) in [5.41, 5.74) is 2.86. The number of hydrogen-bond donors (Lipinski definition) is 1. The first-order valence-electron chi connectivity index (χ1n) is 6.93. The molecule has 1 aromatic rings. The Morgan fingerprint density at radius 3 is 2.06 bits per heavy atom. The lowest BCUT2D eigenvalue weighted by Gasteiger charge is -2.41. The van der Waals surface area contributed by atoms with E-state index in [1.807, 2.05) is 0 Å². The minimum absolute atomic E-state index is 0.0870. The Morgan fingerprint density at radius 2 is 1.67 bits per heavy atom. The number of aryl methyl sites for hydroxylation is 1. The van der Waals surface area contributed by atoms with E-state index in [2.05, 4.69) is 76.3 Å². The van der Waals surface area contributed by atoms with E-state index in [4.69, 9.17) is 0 Å². The molecule has 0 spiro atoms. The molecule has 1 unspecified atom stereocenters. The third-order valence-electron chi connectivity index (χ3n) is 3.99. The molecule has 0 fully saturated rings. The summed E-state index contributed by atoms with van der Waals surface area (Å²) in [4.78, 5) is 2.29. The van der Waals surface area contributed by atoms with Gasteiger partial charge in [-0.25, -0.2) is 0 Å². The minimum atomic E-state index is 0.0870. The van der Waals surface area contributed by atoms with Crippen LogP contribution in [0.3, 0.4) is 0 Å². The molecule has 1 aromatic carbocycles. The van der Waals surface area contributed by atoms with Crippen molar-refractivity contribution in [3.8, 4) is 0 Å². The number of nitrogens with zero attached hydrogens (tertiary/aromatic N) is 1. The van der Waals surface area contributed by atoms with Crippen molar-refractivity contribution in [2.24, 2.45) is 0 Å². The van der Waals surface area contributed by atoms with Gasteiger partial charge in [0, 0.05) is 5.54 Å². The van der Waals surface area contributed by atoms with Crippen LogP contribution in [0.25, 0.3) is 0 Å². The van der Waals surface area contributed by atoms with Gasteiger partial charge in [-0.1, -0.05) is 38.1 Å². The van der Waals surface area contributed by atoms with Gasteiger partial charge in [-0.2, -0.15) is 0 Å². The molecule has 0 saturated carbocycles. The van der Waals surface area contributed by atoms with E-state index in [0.717, 1.165) is 13.0 Å². The van der Waals surface area contributed by atoms with Crippen molar-refractivity contribution in [3.63, 3.8) is 0 Å². The second-order valence-electron chi connectivity index (χ2n) is 5.63. The summed E-state index contributed by atoms with van der Waals surface area (Å²) in [6.07, 6.45) is 1.10. The Morgan fingerprint density at radius 1 is 1.11 bits per heavy atom. The van der Waals surface area contributed by atoms with E-state index >= 15 is 0 Å². The normalized spacial score (nSPS) is 13.9. The molecule has 0 aliphatic heterocycles. The Kier molecular flexibility index (Phi) is 5.36. The average molecular weight is 248 g/mol. The van der Waals surface area contributed by atoms with Gasteiger partial charge in [-0.3, -0.25) is 0 Å². The second-order valence-corrected chi connectivity index (χ2v) is 5.63. The van der Waals surface area contributed by atoms with E-state index in [1.165, 1.54) is 11.1 Å². The van der Waals surface area contributed by atoms with E-state index in [9.17, 15) is 0 Å². The number of likely N-dealkylation sites (N-methyl/N-ethyl adjacent to an activating group) is 2. The highest BCUT2D eigenvalue weighted by atomic mass is 15.2. The highest BCUT2D eigenvalue weighted by molar-refractivity contribution is 5.27. The standard InChI is InChI=1S/C16H28N2/c1-7-13-9-11-14(12-10-13)15(17-8-2)16(3,4)18(5)6/h9-12,15,17H,7-8H2,1-6H3. The summed E-state index contributed by atoms with van der Waals surface area (Å²) in [5, 5.41) is 3.62. The molecule has 1 atom stereocenters. The van der Waals surface area contributed by atoms with Crippen molar-refractivity contribution in [2.75, 3.05) is 20.6 Å². The first-order chi connectivity index (χ1) is 8.43. The smallest absolute Gasteiger partial charge is 0.0501 e. The maximum atomic E-state index is 3.62. The van der Waals surface area contributed by atoms with Crippen LogP contribution < -0.4 is 5.32 Å². The van der Waals surface area contributed by atoms with Gasteiger partial charge >= 0.3 is 0 Å².